The van der Waals surface area contributed by atoms with Crippen LogP contribution >= 0.6 is 0 Å². The zero-order chi connectivity index (χ0) is 22.4. The second-order valence-corrected chi connectivity index (χ2v) is 7.36. The molecule has 0 saturated heterocycles. The van der Waals surface area contributed by atoms with E-state index in [4.69, 9.17) is 0 Å². The van der Waals surface area contributed by atoms with E-state index in [1.165, 1.54) is 0 Å². The van der Waals surface area contributed by atoms with Crippen LogP contribution in [0.5, 0.6) is 0 Å². The number of amides is 2. The van der Waals surface area contributed by atoms with Crippen molar-refractivity contribution in [1.29, 1.82) is 0 Å². The summed E-state index contributed by atoms with van der Waals surface area (Å²) in [5, 5.41) is 9.55. The molecule has 0 unspecified atom stereocenters. The normalized spacial score (nSPS) is 10.5. The molecular formula is C24H26N4O3. The molecule has 3 aromatic rings. The first kappa shape index (κ1) is 22.0. The van der Waals surface area contributed by atoms with Gasteiger partial charge in [0.2, 0.25) is 11.8 Å². The number of nitrogens with zero attached hydrogens (tertiary/aromatic N) is 2. The number of carbonyl (C=O) groups is 3. The van der Waals surface area contributed by atoms with E-state index in [1.807, 2.05) is 49.4 Å². The zero-order valence-electron chi connectivity index (χ0n) is 17.9. The summed E-state index contributed by atoms with van der Waals surface area (Å²) in [5.74, 6) is -0.791. The molecule has 2 amide bonds. The van der Waals surface area contributed by atoms with Crippen molar-refractivity contribution in [3.05, 3.63) is 71.5 Å². The predicted octanol–water partition coefficient (Wildman–Crippen LogP) is 3.42. The number of hydrogen-bond acceptors (Lipinski definition) is 4. The van der Waals surface area contributed by atoms with Gasteiger partial charge in [-0.1, -0.05) is 54.6 Å². The molecule has 0 atom stereocenters. The maximum Gasteiger partial charge on any atom is 0.243 e. The second-order valence-electron chi connectivity index (χ2n) is 7.36. The van der Waals surface area contributed by atoms with Crippen LogP contribution in [-0.2, 0) is 16.6 Å². The van der Waals surface area contributed by atoms with Crippen LogP contribution in [0.4, 0.5) is 5.69 Å². The molecule has 160 valence electrons. The standard InChI is InChI=1S/C24H26N4O3/c1-16-24(17(2)28(3)27-16)26-23(31)15-25-22(30)14-13-21(29)20-11-9-19(10-12-20)18-7-5-4-6-8-18/h4-12H,13-15H2,1-3H3,(H,25,30)(H,26,31). The minimum absolute atomic E-state index is 0.0253. The summed E-state index contributed by atoms with van der Waals surface area (Å²) in [6.45, 7) is 3.50. The van der Waals surface area contributed by atoms with Crippen molar-refractivity contribution in [2.75, 3.05) is 11.9 Å². The number of aromatic nitrogens is 2. The fourth-order valence-corrected chi connectivity index (χ4v) is 3.26. The molecule has 0 aliphatic rings. The number of nitrogens with one attached hydrogen (secondary N) is 2. The topological polar surface area (TPSA) is 93.1 Å². The third kappa shape index (κ3) is 5.66. The maximum atomic E-state index is 12.4. The summed E-state index contributed by atoms with van der Waals surface area (Å²) in [6, 6.07) is 17.2. The van der Waals surface area contributed by atoms with Gasteiger partial charge in [-0.25, -0.2) is 0 Å². The van der Waals surface area contributed by atoms with Crippen LogP contribution in [0.2, 0.25) is 0 Å². The van der Waals surface area contributed by atoms with Gasteiger partial charge in [0.15, 0.2) is 5.78 Å². The van der Waals surface area contributed by atoms with Gasteiger partial charge in [-0.2, -0.15) is 5.10 Å². The van der Waals surface area contributed by atoms with E-state index in [1.54, 1.807) is 30.8 Å². The average Bonchev–Trinajstić information content (AvgIpc) is 3.02. The molecule has 0 spiro atoms. The van der Waals surface area contributed by atoms with Gasteiger partial charge in [0.25, 0.3) is 0 Å². The summed E-state index contributed by atoms with van der Waals surface area (Å²) < 4.78 is 1.68. The number of ketones is 1. The van der Waals surface area contributed by atoms with Crippen LogP contribution in [0, 0.1) is 13.8 Å². The van der Waals surface area contributed by atoms with Gasteiger partial charge in [0.05, 0.1) is 23.6 Å². The van der Waals surface area contributed by atoms with Crippen molar-refractivity contribution in [3.8, 4) is 11.1 Å². The van der Waals surface area contributed by atoms with E-state index in [2.05, 4.69) is 15.7 Å². The van der Waals surface area contributed by atoms with Gasteiger partial charge < -0.3 is 10.6 Å². The minimum atomic E-state index is -0.343. The SMILES string of the molecule is Cc1nn(C)c(C)c1NC(=O)CNC(=O)CCC(=O)c1ccc(-c2ccccc2)cc1. The first-order valence-corrected chi connectivity index (χ1v) is 10.1. The second kappa shape index (κ2) is 9.84. The van der Waals surface area contributed by atoms with Crippen molar-refractivity contribution in [2.45, 2.75) is 26.7 Å². The molecule has 2 aromatic carbocycles. The van der Waals surface area contributed by atoms with Crippen molar-refractivity contribution >= 4 is 23.3 Å². The molecule has 31 heavy (non-hydrogen) atoms. The molecule has 2 N–H and O–H groups in total. The molecule has 0 saturated carbocycles. The Balaban J connectivity index is 1.45. The molecule has 0 radical (unpaired) electrons. The lowest BCUT2D eigenvalue weighted by Gasteiger charge is -2.08. The lowest BCUT2D eigenvalue weighted by molar-refractivity contribution is -0.124. The van der Waals surface area contributed by atoms with E-state index in [0.717, 1.165) is 16.8 Å². The summed E-state index contributed by atoms with van der Waals surface area (Å²) >= 11 is 0. The third-order valence-electron chi connectivity index (χ3n) is 5.11. The Morgan fingerprint density at radius 3 is 2.13 bits per heavy atom. The average molecular weight is 418 g/mol. The highest BCUT2D eigenvalue weighted by atomic mass is 16.2. The monoisotopic (exact) mass is 418 g/mol. The lowest BCUT2D eigenvalue weighted by atomic mass is 10.0. The lowest BCUT2D eigenvalue weighted by Crippen LogP contribution is -2.33. The van der Waals surface area contributed by atoms with Gasteiger partial charge >= 0.3 is 0 Å². The quantitative estimate of drug-likeness (QED) is 0.548. The summed E-state index contributed by atoms with van der Waals surface area (Å²) in [7, 11) is 1.80. The van der Waals surface area contributed by atoms with Crippen LogP contribution in [0.1, 0.15) is 34.6 Å². The Kier molecular flexibility index (Phi) is 6.97. The van der Waals surface area contributed by atoms with Crippen LogP contribution in [0.3, 0.4) is 0 Å². The number of anilines is 1. The Morgan fingerprint density at radius 2 is 1.52 bits per heavy atom. The summed E-state index contributed by atoms with van der Waals surface area (Å²) in [5.41, 5.74) is 4.86. The number of aryl methyl sites for hydroxylation is 2. The largest absolute Gasteiger partial charge is 0.347 e. The third-order valence-corrected chi connectivity index (χ3v) is 5.11. The van der Waals surface area contributed by atoms with Crippen LogP contribution < -0.4 is 10.6 Å². The predicted molar refractivity (Wildman–Crippen MR) is 120 cm³/mol. The summed E-state index contributed by atoms with van der Waals surface area (Å²) in [4.78, 5) is 36.5. The molecule has 0 aliphatic heterocycles. The number of rotatable bonds is 8. The molecule has 0 fully saturated rings. The Hall–Kier alpha value is -3.74. The first-order valence-electron chi connectivity index (χ1n) is 10.1. The van der Waals surface area contributed by atoms with E-state index < -0.39 is 0 Å². The first-order chi connectivity index (χ1) is 14.8. The zero-order valence-corrected chi connectivity index (χ0v) is 17.9. The van der Waals surface area contributed by atoms with Crippen molar-refractivity contribution in [2.24, 2.45) is 7.05 Å². The smallest absolute Gasteiger partial charge is 0.243 e. The van der Waals surface area contributed by atoms with Gasteiger partial charge in [-0.15, -0.1) is 0 Å². The van der Waals surface area contributed by atoms with Gasteiger partial charge in [-0.05, 0) is 25.0 Å². The van der Waals surface area contributed by atoms with Gasteiger partial charge in [0.1, 0.15) is 0 Å². The number of hydrogen-bond donors (Lipinski definition) is 2. The van der Waals surface area contributed by atoms with Crippen molar-refractivity contribution < 1.29 is 14.4 Å². The van der Waals surface area contributed by atoms with Crippen LogP contribution in [-0.4, -0.2) is 33.9 Å². The maximum absolute atomic E-state index is 12.4. The summed E-state index contributed by atoms with van der Waals surface area (Å²) in [6.07, 6.45) is 0.108. The highest BCUT2D eigenvalue weighted by Crippen LogP contribution is 2.20. The molecular weight excluding hydrogens is 392 g/mol. The Morgan fingerprint density at radius 1 is 0.871 bits per heavy atom. The number of Topliss-reactive ketones (excluding diaryl/α,β-unsaturated/α-hetero) is 1. The highest BCUT2D eigenvalue weighted by Gasteiger charge is 2.14. The number of benzene rings is 2. The molecule has 7 nitrogen and oxygen atoms in total. The fourth-order valence-electron chi connectivity index (χ4n) is 3.26. The van der Waals surface area contributed by atoms with E-state index in [-0.39, 0.29) is 37.0 Å². The number of carbonyl (C=O) groups excluding carboxylic acids is 3. The van der Waals surface area contributed by atoms with Crippen LogP contribution in [0.15, 0.2) is 54.6 Å². The Labute approximate surface area is 181 Å². The molecule has 0 aliphatic carbocycles. The molecule has 7 heteroatoms. The van der Waals surface area contributed by atoms with Crippen molar-refractivity contribution in [1.82, 2.24) is 15.1 Å². The van der Waals surface area contributed by atoms with Gasteiger partial charge in [-0.3, -0.25) is 19.1 Å². The van der Waals surface area contributed by atoms with Crippen molar-refractivity contribution in [3.63, 3.8) is 0 Å². The minimum Gasteiger partial charge on any atom is -0.347 e. The van der Waals surface area contributed by atoms with Crippen LogP contribution in [0.25, 0.3) is 11.1 Å². The van der Waals surface area contributed by atoms with Gasteiger partial charge in [0, 0.05) is 25.5 Å². The fraction of sp³-hybridized carbons (Fsp3) is 0.250. The molecule has 1 aromatic heterocycles. The Bertz CT molecular complexity index is 1090. The van der Waals surface area contributed by atoms with E-state index >= 15 is 0 Å². The molecule has 0 bridgehead atoms. The molecule has 1 heterocycles. The van der Waals surface area contributed by atoms with E-state index in [9.17, 15) is 14.4 Å². The highest BCUT2D eigenvalue weighted by molar-refractivity contribution is 5.99. The molecule has 3 rings (SSSR count). The van der Waals surface area contributed by atoms with E-state index in [0.29, 0.717) is 16.9 Å².